The van der Waals surface area contributed by atoms with Crippen LogP contribution in [-0.4, -0.2) is 50.7 Å². The normalized spacial score (nSPS) is 17.4. The molecule has 2 aliphatic rings. The van der Waals surface area contributed by atoms with Crippen LogP contribution in [0.5, 0.6) is 0 Å². The van der Waals surface area contributed by atoms with Crippen molar-refractivity contribution in [2.75, 3.05) is 24.5 Å². The van der Waals surface area contributed by atoms with Gasteiger partial charge >= 0.3 is 0 Å². The molecule has 2 aliphatic heterocycles. The Bertz CT molecular complexity index is 1360. The highest BCUT2D eigenvalue weighted by molar-refractivity contribution is 5.99. The minimum Gasteiger partial charge on any atom is -0.338 e. The van der Waals surface area contributed by atoms with E-state index < -0.39 is 0 Å². The van der Waals surface area contributed by atoms with Gasteiger partial charge in [0.1, 0.15) is 5.56 Å². The Balaban J connectivity index is 1.27. The summed E-state index contributed by atoms with van der Waals surface area (Å²) in [4.78, 5) is 31.0. The molecule has 0 spiro atoms. The molecule has 1 saturated heterocycles. The fourth-order valence-corrected chi connectivity index (χ4v) is 5.30. The molecule has 7 heteroatoms. The third-order valence-corrected chi connectivity index (χ3v) is 7.04. The average Bonchev–Trinajstić information content (AvgIpc) is 3.68. The highest BCUT2D eigenvalue weighted by Gasteiger charge is 2.35. The van der Waals surface area contributed by atoms with E-state index in [0.717, 1.165) is 30.6 Å². The largest absolute Gasteiger partial charge is 0.338 e. The summed E-state index contributed by atoms with van der Waals surface area (Å²) in [6.07, 6.45) is 7.97. The van der Waals surface area contributed by atoms with Crippen LogP contribution in [0.1, 0.15) is 28.8 Å². The van der Waals surface area contributed by atoms with E-state index in [-0.39, 0.29) is 17.7 Å². The number of hydrogen-bond donors (Lipinski definition) is 0. The molecule has 7 nitrogen and oxygen atoms in total. The molecule has 1 fully saturated rings. The Kier molecular flexibility index (Phi) is 5.45. The number of rotatable bonds is 4. The second-order valence-corrected chi connectivity index (χ2v) is 9.18. The highest BCUT2D eigenvalue weighted by atomic mass is 16.2. The monoisotopic (exact) mass is 465 g/mol. The lowest BCUT2D eigenvalue weighted by molar-refractivity contribution is -0.123. The standard InChI is InChI=1S/C28H27N5O2/c34-27(32-18-14-21-9-4-5-13-25(21)32)22-10-8-17-31(20-22)28(35)24-19-29-33(23-11-2-1-3-12-23)26(24)30-15-6-7-16-30/h1-7,9,11-13,15-16,19,22H,8,10,14,17-18,20H2/t22-/m1/s1. The first-order valence-electron chi connectivity index (χ1n) is 12.2. The number of hydrogen-bond acceptors (Lipinski definition) is 3. The van der Waals surface area contributed by atoms with E-state index in [1.165, 1.54) is 5.56 Å². The van der Waals surface area contributed by atoms with Gasteiger partial charge in [0.15, 0.2) is 5.82 Å². The van der Waals surface area contributed by atoms with Crippen molar-refractivity contribution in [3.8, 4) is 11.5 Å². The Morgan fingerprint density at radius 3 is 2.49 bits per heavy atom. The predicted octanol–water partition coefficient (Wildman–Crippen LogP) is 4.10. The summed E-state index contributed by atoms with van der Waals surface area (Å²) in [5.74, 6) is 0.541. The van der Waals surface area contributed by atoms with Crippen LogP contribution < -0.4 is 4.90 Å². The van der Waals surface area contributed by atoms with Crippen LogP contribution in [-0.2, 0) is 11.2 Å². The van der Waals surface area contributed by atoms with Gasteiger partial charge in [0.2, 0.25) is 5.91 Å². The summed E-state index contributed by atoms with van der Waals surface area (Å²) < 4.78 is 3.71. The van der Waals surface area contributed by atoms with Gasteiger partial charge in [0.25, 0.3) is 5.91 Å². The highest BCUT2D eigenvalue weighted by Crippen LogP contribution is 2.31. The van der Waals surface area contributed by atoms with Crippen LogP contribution in [0, 0.1) is 5.92 Å². The third kappa shape index (κ3) is 3.83. The number of carbonyl (C=O) groups excluding carboxylic acids is 2. The Morgan fingerprint density at radius 2 is 1.66 bits per heavy atom. The summed E-state index contributed by atoms with van der Waals surface area (Å²) in [7, 11) is 0. The lowest BCUT2D eigenvalue weighted by Gasteiger charge is -2.34. The lowest BCUT2D eigenvalue weighted by atomic mass is 9.96. The molecule has 0 N–H and O–H groups in total. The molecule has 4 aromatic rings. The molecular formula is C28H27N5O2. The van der Waals surface area contributed by atoms with Gasteiger partial charge in [-0.1, -0.05) is 36.4 Å². The number of benzene rings is 2. The van der Waals surface area contributed by atoms with Crippen molar-refractivity contribution in [1.82, 2.24) is 19.2 Å². The van der Waals surface area contributed by atoms with E-state index in [4.69, 9.17) is 0 Å². The fraction of sp³-hybridized carbons (Fsp3) is 0.250. The average molecular weight is 466 g/mol. The molecule has 2 amide bonds. The van der Waals surface area contributed by atoms with Crippen LogP contribution in [0.3, 0.4) is 0 Å². The molecule has 4 heterocycles. The van der Waals surface area contributed by atoms with Gasteiger partial charge in [0.05, 0.1) is 17.8 Å². The summed E-state index contributed by atoms with van der Waals surface area (Å²) in [5.41, 5.74) is 3.65. The molecular weight excluding hydrogens is 438 g/mol. The first-order valence-corrected chi connectivity index (χ1v) is 12.2. The number of carbonyl (C=O) groups is 2. The molecule has 35 heavy (non-hydrogen) atoms. The zero-order chi connectivity index (χ0) is 23.8. The fourth-order valence-electron chi connectivity index (χ4n) is 5.30. The van der Waals surface area contributed by atoms with Gasteiger partial charge in [-0.05, 0) is 55.2 Å². The molecule has 2 aromatic heterocycles. The van der Waals surface area contributed by atoms with Crippen molar-refractivity contribution in [2.24, 2.45) is 5.92 Å². The number of aromatic nitrogens is 3. The van der Waals surface area contributed by atoms with Gasteiger partial charge in [-0.15, -0.1) is 0 Å². The number of anilines is 1. The number of likely N-dealkylation sites (tertiary alicyclic amines) is 1. The van der Waals surface area contributed by atoms with Crippen molar-refractivity contribution >= 4 is 17.5 Å². The second-order valence-electron chi connectivity index (χ2n) is 9.18. The number of amides is 2. The maximum atomic E-state index is 13.8. The lowest BCUT2D eigenvalue weighted by Crippen LogP contribution is -2.46. The summed E-state index contributed by atoms with van der Waals surface area (Å²) in [6, 6.07) is 21.8. The number of para-hydroxylation sites is 2. The van der Waals surface area contributed by atoms with E-state index in [9.17, 15) is 9.59 Å². The maximum absolute atomic E-state index is 13.8. The summed E-state index contributed by atoms with van der Waals surface area (Å²) in [5, 5.41) is 4.57. The van der Waals surface area contributed by atoms with E-state index in [1.807, 2.05) is 87.4 Å². The molecule has 0 bridgehead atoms. The first-order chi connectivity index (χ1) is 17.2. The maximum Gasteiger partial charge on any atom is 0.259 e. The van der Waals surface area contributed by atoms with Crippen molar-refractivity contribution in [2.45, 2.75) is 19.3 Å². The van der Waals surface area contributed by atoms with Gasteiger partial charge in [-0.2, -0.15) is 5.10 Å². The minimum absolute atomic E-state index is 0.0878. The topological polar surface area (TPSA) is 63.4 Å². The van der Waals surface area contributed by atoms with Gasteiger partial charge in [-0.3, -0.25) is 9.59 Å². The predicted molar refractivity (Wildman–Crippen MR) is 134 cm³/mol. The molecule has 0 radical (unpaired) electrons. The molecule has 2 aromatic carbocycles. The van der Waals surface area contributed by atoms with Crippen LogP contribution in [0.4, 0.5) is 5.69 Å². The smallest absolute Gasteiger partial charge is 0.259 e. The van der Waals surface area contributed by atoms with Crippen molar-refractivity contribution in [3.05, 3.63) is 96.4 Å². The quantitative estimate of drug-likeness (QED) is 0.456. The summed E-state index contributed by atoms with van der Waals surface area (Å²) in [6.45, 7) is 1.78. The number of fused-ring (bicyclic) bond motifs is 1. The van der Waals surface area contributed by atoms with Crippen molar-refractivity contribution in [3.63, 3.8) is 0 Å². The molecule has 0 unspecified atom stereocenters. The zero-order valence-corrected chi connectivity index (χ0v) is 19.5. The van der Waals surface area contributed by atoms with Gasteiger partial charge in [-0.25, -0.2) is 4.68 Å². The van der Waals surface area contributed by atoms with Crippen LogP contribution >= 0.6 is 0 Å². The Hall–Kier alpha value is -4.13. The number of piperidine rings is 1. The van der Waals surface area contributed by atoms with Crippen molar-refractivity contribution < 1.29 is 9.59 Å². The van der Waals surface area contributed by atoms with Gasteiger partial charge < -0.3 is 14.4 Å². The van der Waals surface area contributed by atoms with Crippen LogP contribution in [0.25, 0.3) is 11.5 Å². The zero-order valence-electron chi connectivity index (χ0n) is 19.5. The second kappa shape index (κ2) is 8.91. The Morgan fingerprint density at radius 1 is 0.886 bits per heavy atom. The third-order valence-electron chi connectivity index (χ3n) is 7.04. The SMILES string of the molecule is O=C(c1cnn(-c2ccccc2)c1-n1cccc1)N1CCC[C@@H](C(=O)N2CCc3ccccc32)C1. The van der Waals surface area contributed by atoms with E-state index >= 15 is 0 Å². The van der Waals surface area contributed by atoms with Crippen LogP contribution in [0.15, 0.2) is 85.3 Å². The van der Waals surface area contributed by atoms with E-state index in [1.54, 1.807) is 10.9 Å². The number of nitrogens with zero attached hydrogens (tertiary/aromatic N) is 5. The van der Waals surface area contributed by atoms with E-state index in [2.05, 4.69) is 11.2 Å². The first kappa shape index (κ1) is 21.4. The van der Waals surface area contributed by atoms with Crippen molar-refractivity contribution in [1.29, 1.82) is 0 Å². The molecule has 0 saturated carbocycles. The van der Waals surface area contributed by atoms with Gasteiger partial charge in [0, 0.05) is 37.7 Å². The van der Waals surface area contributed by atoms with E-state index in [0.29, 0.717) is 31.0 Å². The molecule has 176 valence electrons. The summed E-state index contributed by atoms with van der Waals surface area (Å²) >= 11 is 0. The molecule has 6 rings (SSSR count). The van der Waals surface area contributed by atoms with Crippen LogP contribution in [0.2, 0.25) is 0 Å². The molecule has 0 aliphatic carbocycles. The minimum atomic E-state index is -0.196. The molecule has 1 atom stereocenters. The Labute approximate surface area is 204 Å².